The molecule has 7 rings (SSSR count). The van der Waals surface area contributed by atoms with E-state index < -0.39 is 6.04 Å². The fraction of sp³-hybridized carbons (Fsp3) is 0.381. The number of aryl methyl sites for hydroxylation is 3. The molecule has 54 heavy (non-hydrogen) atoms. The van der Waals surface area contributed by atoms with Crippen LogP contribution in [0.15, 0.2) is 71.6 Å². The number of hydrogen-bond acceptors (Lipinski definition) is 10. The van der Waals surface area contributed by atoms with Crippen molar-refractivity contribution in [3.63, 3.8) is 0 Å². The molecule has 5 heterocycles. The fourth-order valence-electron chi connectivity index (χ4n) is 7.70. The van der Waals surface area contributed by atoms with E-state index in [9.17, 15) is 14.4 Å². The number of rotatable bonds is 6. The number of ketones is 2. The number of carbonyl (C=O) groups is 3. The molecule has 1 aliphatic carbocycles. The Morgan fingerprint density at radius 2 is 1.85 bits per heavy atom. The number of ether oxygens (including phenoxy) is 1. The highest BCUT2D eigenvalue weighted by Crippen LogP contribution is 2.60. The Bertz CT molecular complexity index is 2150. The van der Waals surface area contributed by atoms with Gasteiger partial charge >= 0.3 is 0 Å². The first-order valence-electron chi connectivity index (χ1n) is 18.5. The van der Waals surface area contributed by atoms with Crippen molar-refractivity contribution in [2.75, 3.05) is 18.5 Å². The summed E-state index contributed by atoms with van der Waals surface area (Å²) in [5, 5.41) is 12.2. The van der Waals surface area contributed by atoms with Crippen molar-refractivity contribution in [3.8, 4) is 17.0 Å². The zero-order chi connectivity index (χ0) is 38.0. The number of pyridine rings is 2. The molecule has 1 saturated carbocycles. The molecule has 1 amide bonds. The van der Waals surface area contributed by atoms with Gasteiger partial charge in [-0.1, -0.05) is 24.3 Å². The van der Waals surface area contributed by atoms with E-state index >= 15 is 0 Å². The molecular formula is C42H44BrN7O4. The predicted octanol–water partition coefficient (Wildman–Crippen LogP) is 6.76. The monoisotopic (exact) mass is 789 g/mol. The molecule has 11 nitrogen and oxygen atoms in total. The third-order valence-corrected chi connectivity index (χ3v) is 11.3. The molecule has 12 heteroatoms. The number of allylic oxidation sites excluding steroid dienone is 2. The first-order chi connectivity index (χ1) is 26.0. The van der Waals surface area contributed by atoms with Gasteiger partial charge in [0.1, 0.15) is 16.1 Å². The second-order valence-electron chi connectivity index (χ2n) is 14.7. The third kappa shape index (κ3) is 8.03. The topological polar surface area (TPSA) is 151 Å². The van der Waals surface area contributed by atoms with Gasteiger partial charge in [-0.3, -0.25) is 19.8 Å². The maximum atomic E-state index is 14.4. The Hall–Kier alpha value is -5.10. The number of piperidine rings is 1. The van der Waals surface area contributed by atoms with E-state index in [1.807, 2.05) is 50.2 Å². The summed E-state index contributed by atoms with van der Waals surface area (Å²) in [6.07, 6.45) is 13.1. The quantitative estimate of drug-likeness (QED) is 0.123. The number of nitrogens with one attached hydrogen (secondary N) is 2. The molecule has 2 N–H and O–H groups in total. The van der Waals surface area contributed by atoms with Gasteiger partial charge in [0.25, 0.3) is 0 Å². The number of benzene rings is 1. The lowest BCUT2D eigenvalue weighted by Gasteiger charge is -2.28. The van der Waals surface area contributed by atoms with Gasteiger partial charge in [-0.15, -0.1) is 0 Å². The first kappa shape index (κ1) is 37.2. The Labute approximate surface area is 323 Å². The number of nitrogens with zero attached hydrogens (tertiary/aromatic N) is 5. The summed E-state index contributed by atoms with van der Waals surface area (Å²) in [5.74, 6) is 0.495. The highest BCUT2D eigenvalue weighted by Gasteiger charge is 2.67. The van der Waals surface area contributed by atoms with Gasteiger partial charge in [0.2, 0.25) is 11.8 Å². The second-order valence-corrected chi connectivity index (χ2v) is 15.5. The highest BCUT2D eigenvalue weighted by atomic mass is 79.9. The number of anilines is 1. The van der Waals surface area contributed by atoms with Crippen LogP contribution in [0.2, 0.25) is 0 Å². The Morgan fingerprint density at radius 3 is 2.65 bits per heavy atom. The summed E-state index contributed by atoms with van der Waals surface area (Å²) < 4.78 is 6.95. The second kappa shape index (κ2) is 15.7. The van der Waals surface area contributed by atoms with Gasteiger partial charge in [0.05, 0.1) is 31.3 Å². The van der Waals surface area contributed by atoms with E-state index in [0.717, 1.165) is 53.6 Å². The number of amides is 1. The number of hydrogen-bond donors (Lipinski definition) is 2. The maximum Gasteiger partial charge on any atom is 0.242 e. The van der Waals surface area contributed by atoms with Crippen molar-refractivity contribution in [1.82, 2.24) is 24.8 Å². The third-order valence-electron chi connectivity index (χ3n) is 10.8. The Balaban J connectivity index is 1.25. The smallest absolute Gasteiger partial charge is 0.242 e. The van der Waals surface area contributed by atoms with Crippen LogP contribution < -0.4 is 10.1 Å². The van der Waals surface area contributed by atoms with Gasteiger partial charge in [-0.25, -0.2) is 19.9 Å². The van der Waals surface area contributed by atoms with Crippen LogP contribution in [-0.2, 0) is 33.6 Å². The lowest BCUT2D eigenvalue weighted by atomic mass is 9.92. The number of Topliss-reactive ketones (excluding diaryl/α,β-unsaturated/α-hetero) is 2. The fourth-order valence-corrected chi connectivity index (χ4v) is 8.05. The van der Waals surface area contributed by atoms with E-state index in [2.05, 4.69) is 48.4 Å². The van der Waals surface area contributed by atoms with Crippen LogP contribution in [0, 0.1) is 24.7 Å². The molecule has 2 aliphatic heterocycles. The van der Waals surface area contributed by atoms with Gasteiger partial charge in [0.15, 0.2) is 11.6 Å². The first-order valence-corrected chi connectivity index (χ1v) is 19.3. The van der Waals surface area contributed by atoms with Crippen molar-refractivity contribution in [2.45, 2.75) is 84.2 Å². The molecule has 0 radical (unpaired) electrons. The minimum Gasteiger partial charge on any atom is -0.477 e. The van der Waals surface area contributed by atoms with Crippen LogP contribution in [0.4, 0.5) is 5.69 Å². The standard InChI is InChI=1S/C42H44BrN7O4/c1-25-14-15-37(43)49-33(25)18-35(52)34-19-42-20-36(42)50(34)39(53)23-47-41-28(10-7-5-4-6-8-11-31-12-9-13-38(48-31)54-24-42)16-29(17-32(41)40(44)26(2)51)30-21-45-27(3)46-22-30/h6,8-9,12-17,21-22,34,36,44,47H,4-5,7,10-11,18-20,23-24H2,1-3H3/t34-,36+,42-/m0/s1. The summed E-state index contributed by atoms with van der Waals surface area (Å²) in [5.41, 5.74) is 5.40. The molecule has 1 saturated heterocycles. The lowest BCUT2D eigenvalue weighted by molar-refractivity contribution is -0.137. The van der Waals surface area contributed by atoms with E-state index in [0.29, 0.717) is 59.1 Å². The average molecular weight is 791 g/mol. The van der Waals surface area contributed by atoms with Crippen molar-refractivity contribution >= 4 is 44.8 Å². The normalized spacial score (nSPS) is 21.3. The number of carbonyl (C=O) groups excluding carboxylic acids is 3. The van der Waals surface area contributed by atoms with Gasteiger partial charge < -0.3 is 15.0 Å². The molecule has 2 fully saturated rings. The summed E-state index contributed by atoms with van der Waals surface area (Å²) in [6.45, 7) is 5.35. The van der Waals surface area contributed by atoms with E-state index in [-0.39, 0.29) is 47.6 Å². The summed E-state index contributed by atoms with van der Waals surface area (Å²) >= 11 is 3.44. The largest absolute Gasteiger partial charge is 0.477 e. The van der Waals surface area contributed by atoms with Crippen LogP contribution in [0.3, 0.4) is 0 Å². The zero-order valence-corrected chi connectivity index (χ0v) is 32.4. The summed E-state index contributed by atoms with van der Waals surface area (Å²) in [6, 6.07) is 12.6. The van der Waals surface area contributed by atoms with Crippen LogP contribution in [0.1, 0.15) is 72.9 Å². The Kier molecular flexibility index (Phi) is 10.8. The zero-order valence-electron chi connectivity index (χ0n) is 30.8. The molecule has 1 aromatic carbocycles. The minimum absolute atomic E-state index is 0.0710. The van der Waals surface area contributed by atoms with Crippen molar-refractivity contribution in [2.24, 2.45) is 5.41 Å². The molecule has 3 aliphatic rings. The van der Waals surface area contributed by atoms with Gasteiger partial charge in [0, 0.05) is 65.8 Å². The van der Waals surface area contributed by atoms with Crippen LogP contribution >= 0.6 is 15.9 Å². The van der Waals surface area contributed by atoms with Gasteiger partial charge in [-0.05, 0) is 109 Å². The molecule has 278 valence electrons. The van der Waals surface area contributed by atoms with Crippen LogP contribution in [0.25, 0.3) is 11.1 Å². The highest BCUT2D eigenvalue weighted by molar-refractivity contribution is 9.10. The van der Waals surface area contributed by atoms with Gasteiger partial charge in [-0.2, -0.15) is 0 Å². The number of halogens is 1. The number of fused-ring (bicyclic) bond motifs is 3. The van der Waals surface area contributed by atoms with Crippen LogP contribution in [0.5, 0.6) is 5.88 Å². The molecule has 0 unspecified atom stereocenters. The van der Waals surface area contributed by atoms with Crippen LogP contribution in [-0.4, -0.2) is 73.3 Å². The van der Waals surface area contributed by atoms with E-state index in [1.165, 1.54) is 6.92 Å². The Morgan fingerprint density at radius 1 is 1.04 bits per heavy atom. The van der Waals surface area contributed by atoms with E-state index in [1.54, 1.807) is 23.4 Å². The minimum atomic E-state index is -0.654. The SMILES string of the molecule is CC(=O)C(=N)c1cc(-c2cnc(C)nc2)cc2c1NCC(=O)N1[C@H](C(=O)Cc3nc(Br)ccc3C)C[C@@]3(COc4cccc(n4)CC=CCCCC2)C[C@@H]13. The molecule has 3 aromatic heterocycles. The predicted molar refractivity (Wildman–Crippen MR) is 210 cm³/mol. The molecule has 4 bridgehead atoms. The molecule has 3 atom stereocenters. The van der Waals surface area contributed by atoms with Crippen molar-refractivity contribution < 1.29 is 19.1 Å². The van der Waals surface area contributed by atoms with Crippen molar-refractivity contribution in [3.05, 3.63) is 106 Å². The number of aromatic nitrogens is 4. The van der Waals surface area contributed by atoms with E-state index in [4.69, 9.17) is 15.1 Å². The summed E-state index contributed by atoms with van der Waals surface area (Å²) in [4.78, 5) is 61.2. The molecular weight excluding hydrogens is 746 g/mol. The lowest BCUT2D eigenvalue weighted by Crippen LogP contribution is -2.46. The molecule has 4 aromatic rings. The van der Waals surface area contributed by atoms with Crippen molar-refractivity contribution in [1.29, 1.82) is 5.41 Å². The maximum absolute atomic E-state index is 14.4. The average Bonchev–Trinajstić information content (AvgIpc) is 3.76. The molecule has 0 spiro atoms. The summed E-state index contributed by atoms with van der Waals surface area (Å²) in [7, 11) is 0.